The van der Waals surface area contributed by atoms with Crippen LogP contribution < -0.4 is 11.1 Å². The van der Waals surface area contributed by atoms with Crippen molar-refractivity contribution in [3.05, 3.63) is 11.2 Å². The van der Waals surface area contributed by atoms with Gasteiger partial charge in [0.1, 0.15) is 5.69 Å². The lowest BCUT2D eigenvalue weighted by Gasteiger charge is -1.95. The Kier molecular flexibility index (Phi) is 2.29. The summed E-state index contributed by atoms with van der Waals surface area (Å²) in [4.78, 5) is 19.6. The first kappa shape index (κ1) is 10.2. The molecule has 1 aliphatic rings. The Morgan fingerprint density at radius 1 is 1.53 bits per heavy atom. The smallest absolute Gasteiger partial charge is 0.292 e. The summed E-state index contributed by atoms with van der Waals surface area (Å²) in [7, 11) is 0. The molecule has 2 heterocycles. The molecule has 0 unspecified atom stereocenters. The van der Waals surface area contributed by atoms with Gasteiger partial charge in [-0.3, -0.25) is 4.79 Å². The number of nitrogens with zero attached hydrogens (tertiary/aromatic N) is 3. The zero-order chi connectivity index (χ0) is 11.8. The van der Waals surface area contributed by atoms with Gasteiger partial charge in [0, 0.05) is 11.4 Å². The van der Waals surface area contributed by atoms with E-state index in [1.807, 2.05) is 0 Å². The van der Waals surface area contributed by atoms with E-state index in [9.17, 15) is 4.79 Å². The predicted octanol–water partition coefficient (Wildman–Crippen LogP) is 0.667. The fourth-order valence-corrected chi connectivity index (χ4v) is 1.82. The van der Waals surface area contributed by atoms with Crippen LogP contribution in [0.1, 0.15) is 23.5 Å². The van der Waals surface area contributed by atoms with Gasteiger partial charge >= 0.3 is 0 Å². The number of hydrogen-bond donors (Lipinski definition) is 2. The highest BCUT2D eigenvalue weighted by molar-refractivity contribution is 7.13. The molecule has 8 heteroatoms. The van der Waals surface area contributed by atoms with E-state index in [4.69, 9.17) is 10.3 Å². The van der Waals surface area contributed by atoms with Crippen molar-refractivity contribution in [2.75, 3.05) is 5.73 Å². The fraction of sp³-hybridized carbons (Fsp3) is 0.333. The molecule has 2 aromatic heterocycles. The SMILES string of the molecule is Nc1nc(-c2nc(C(=O)NC3CC3)no2)cs1. The van der Waals surface area contributed by atoms with Crippen LogP contribution in [0.3, 0.4) is 0 Å². The van der Waals surface area contributed by atoms with Gasteiger partial charge in [-0.25, -0.2) is 4.98 Å². The summed E-state index contributed by atoms with van der Waals surface area (Å²) in [5.41, 5.74) is 5.99. The maximum Gasteiger partial charge on any atom is 0.292 e. The van der Waals surface area contributed by atoms with Crippen LogP contribution in [0, 0.1) is 0 Å². The van der Waals surface area contributed by atoms with E-state index in [-0.39, 0.29) is 23.7 Å². The molecule has 0 spiro atoms. The van der Waals surface area contributed by atoms with Crippen molar-refractivity contribution in [2.45, 2.75) is 18.9 Å². The molecule has 17 heavy (non-hydrogen) atoms. The van der Waals surface area contributed by atoms with Crippen LogP contribution in [-0.4, -0.2) is 27.1 Å². The van der Waals surface area contributed by atoms with Crippen molar-refractivity contribution in [3.63, 3.8) is 0 Å². The minimum absolute atomic E-state index is 0.0264. The second-order valence-electron chi connectivity index (χ2n) is 3.74. The van der Waals surface area contributed by atoms with Gasteiger partial charge in [-0.1, -0.05) is 5.16 Å². The summed E-state index contributed by atoms with van der Waals surface area (Å²) < 4.78 is 4.95. The molecule has 0 atom stereocenters. The molecule has 1 saturated carbocycles. The van der Waals surface area contributed by atoms with Crippen molar-refractivity contribution < 1.29 is 9.32 Å². The molecule has 3 rings (SSSR count). The van der Waals surface area contributed by atoms with Crippen LogP contribution in [0.2, 0.25) is 0 Å². The molecule has 3 N–H and O–H groups in total. The second-order valence-corrected chi connectivity index (χ2v) is 4.63. The minimum atomic E-state index is -0.314. The quantitative estimate of drug-likeness (QED) is 0.830. The van der Waals surface area contributed by atoms with Crippen molar-refractivity contribution in [1.82, 2.24) is 20.4 Å². The zero-order valence-corrected chi connectivity index (χ0v) is 9.53. The van der Waals surface area contributed by atoms with E-state index < -0.39 is 0 Å². The summed E-state index contributed by atoms with van der Waals surface area (Å²) in [6.45, 7) is 0. The maximum atomic E-state index is 11.6. The van der Waals surface area contributed by atoms with E-state index in [2.05, 4.69) is 20.4 Å². The summed E-state index contributed by atoms with van der Waals surface area (Å²) in [5, 5.41) is 8.50. The first-order valence-electron chi connectivity index (χ1n) is 5.08. The van der Waals surface area contributed by atoms with Gasteiger partial charge in [0.25, 0.3) is 17.6 Å². The molecule has 0 saturated heterocycles. The summed E-state index contributed by atoms with van der Waals surface area (Å²) in [5.74, 6) is -0.0805. The van der Waals surface area contributed by atoms with E-state index in [1.54, 1.807) is 5.38 Å². The van der Waals surface area contributed by atoms with Gasteiger partial charge in [-0.2, -0.15) is 4.98 Å². The lowest BCUT2D eigenvalue weighted by molar-refractivity contribution is 0.0937. The maximum absolute atomic E-state index is 11.6. The Labute approximate surface area is 100 Å². The zero-order valence-electron chi connectivity index (χ0n) is 8.71. The number of hydrogen-bond acceptors (Lipinski definition) is 7. The predicted molar refractivity (Wildman–Crippen MR) is 60.3 cm³/mol. The number of rotatable bonds is 3. The van der Waals surface area contributed by atoms with E-state index in [0.717, 1.165) is 12.8 Å². The number of thiazole rings is 1. The third-order valence-electron chi connectivity index (χ3n) is 2.28. The van der Waals surface area contributed by atoms with E-state index in [1.165, 1.54) is 11.3 Å². The molecular weight excluding hydrogens is 242 g/mol. The van der Waals surface area contributed by atoms with Crippen molar-refractivity contribution in [3.8, 4) is 11.6 Å². The Morgan fingerprint density at radius 3 is 3.00 bits per heavy atom. The number of carbonyl (C=O) groups excluding carboxylic acids is 1. The van der Waals surface area contributed by atoms with Gasteiger partial charge in [0.2, 0.25) is 0 Å². The van der Waals surface area contributed by atoms with Crippen LogP contribution in [0.5, 0.6) is 0 Å². The lowest BCUT2D eigenvalue weighted by atomic mass is 10.5. The first-order chi connectivity index (χ1) is 8.22. The number of nitrogens with one attached hydrogen (secondary N) is 1. The van der Waals surface area contributed by atoms with Gasteiger partial charge in [0.05, 0.1) is 0 Å². The number of amides is 1. The summed E-state index contributed by atoms with van der Waals surface area (Å²) >= 11 is 1.28. The third-order valence-corrected chi connectivity index (χ3v) is 2.96. The van der Waals surface area contributed by atoms with Crippen molar-refractivity contribution in [2.24, 2.45) is 0 Å². The van der Waals surface area contributed by atoms with Crippen LogP contribution in [0.15, 0.2) is 9.90 Å². The minimum Gasteiger partial charge on any atom is -0.375 e. The molecule has 1 fully saturated rings. The molecule has 2 aromatic rings. The van der Waals surface area contributed by atoms with Gasteiger partial charge in [0.15, 0.2) is 5.13 Å². The van der Waals surface area contributed by atoms with Crippen LogP contribution in [0.4, 0.5) is 5.13 Å². The normalized spacial score (nSPS) is 14.8. The molecule has 88 valence electrons. The van der Waals surface area contributed by atoms with E-state index in [0.29, 0.717) is 10.8 Å². The highest BCUT2D eigenvalue weighted by atomic mass is 32.1. The van der Waals surface area contributed by atoms with Gasteiger partial charge in [-0.15, -0.1) is 11.3 Å². The molecule has 0 radical (unpaired) electrons. The molecule has 0 aliphatic heterocycles. The highest BCUT2D eigenvalue weighted by Crippen LogP contribution is 2.22. The number of anilines is 1. The standard InChI is InChI=1S/C9H9N5O2S/c10-9-12-5(3-17-9)8-13-6(14-16-8)7(15)11-4-1-2-4/h3-4H,1-2H2,(H2,10,12)(H,11,15). The van der Waals surface area contributed by atoms with Crippen LogP contribution in [0.25, 0.3) is 11.6 Å². The van der Waals surface area contributed by atoms with Crippen molar-refractivity contribution >= 4 is 22.4 Å². The number of nitrogen functional groups attached to an aromatic ring is 1. The molecule has 0 bridgehead atoms. The van der Waals surface area contributed by atoms with E-state index >= 15 is 0 Å². The topological polar surface area (TPSA) is 107 Å². The Bertz CT molecular complexity index is 559. The molecular formula is C9H9N5O2S. The number of aromatic nitrogens is 3. The summed E-state index contributed by atoms with van der Waals surface area (Å²) in [6, 6.07) is 0.263. The Morgan fingerprint density at radius 2 is 2.35 bits per heavy atom. The van der Waals surface area contributed by atoms with Crippen LogP contribution in [-0.2, 0) is 0 Å². The summed E-state index contributed by atoms with van der Waals surface area (Å²) in [6.07, 6.45) is 2.03. The molecule has 1 aliphatic carbocycles. The van der Waals surface area contributed by atoms with Crippen molar-refractivity contribution in [1.29, 1.82) is 0 Å². The number of carbonyl (C=O) groups is 1. The molecule has 7 nitrogen and oxygen atoms in total. The van der Waals surface area contributed by atoms with Gasteiger partial charge in [-0.05, 0) is 12.8 Å². The average molecular weight is 251 g/mol. The second kappa shape index (κ2) is 3.81. The largest absolute Gasteiger partial charge is 0.375 e. The first-order valence-corrected chi connectivity index (χ1v) is 5.96. The third kappa shape index (κ3) is 2.11. The molecule has 1 amide bonds. The fourth-order valence-electron chi connectivity index (χ4n) is 1.28. The Hall–Kier alpha value is -1.96. The van der Waals surface area contributed by atoms with Crippen LogP contribution >= 0.6 is 11.3 Å². The monoisotopic (exact) mass is 251 g/mol. The highest BCUT2D eigenvalue weighted by Gasteiger charge is 2.26. The van der Waals surface area contributed by atoms with Gasteiger partial charge < -0.3 is 15.6 Å². The number of nitrogens with two attached hydrogens (primary N) is 1. The molecule has 0 aromatic carbocycles. The Balaban J connectivity index is 1.79. The average Bonchev–Trinajstić information content (AvgIpc) is 2.81. The lowest BCUT2D eigenvalue weighted by Crippen LogP contribution is -2.26.